The topological polar surface area (TPSA) is 65.5 Å². The van der Waals surface area contributed by atoms with E-state index in [-0.39, 0.29) is 11.8 Å². The maximum Gasteiger partial charge on any atom is 0.246 e. The number of amides is 2. The highest BCUT2D eigenvalue weighted by Crippen LogP contribution is 2.30. The highest BCUT2D eigenvalue weighted by Gasteiger charge is 2.26. The van der Waals surface area contributed by atoms with E-state index in [0.29, 0.717) is 24.6 Å². The van der Waals surface area contributed by atoms with Crippen molar-refractivity contribution in [3.05, 3.63) is 59.3 Å². The van der Waals surface area contributed by atoms with E-state index < -0.39 is 0 Å². The van der Waals surface area contributed by atoms with Gasteiger partial charge in [0.15, 0.2) is 0 Å². The second-order valence-corrected chi connectivity index (χ2v) is 8.75. The number of aryl methyl sites for hydroxylation is 1. The van der Waals surface area contributed by atoms with Crippen LogP contribution in [0.4, 0.5) is 11.5 Å². The van der Waals surface area contributed by atoms with Gasteiger partial charge in [-0.1, -0.05) is 18.2 Å². The number of benzene rings is 1. The van der Waals surface area contributed by atoms with Crippen LogP contribution in [0.1, 0.15) is 36.0 Å². The smallest absolute Gasteiger partial charge is 0.246 e. The summed E-state index contributed by atoms with van der Waals surface area (Å²) in [6.45, 7) is 3.83. The lowest BCUT2D eigenvalue weighted by molar-refractivity contribution is -0.127. The first-order chi connectivity index (χ1) is 15.2. The van der Waals surface area contributed by atoms with E-state index in [9.17, 15) is 9.59 Å². The number of hydrogen-bond acceptors (Lipinski definition) is 4. The lowest BCUT2D eigenvalue weighted by Crippen LogP contribution is -2.40. The van der Waals surface area contributed by atoms with E-state index in [1.165, 1.54) is 11.3 Å². The zero-order valence-electron chi connectivity index (χ0n) is 17.7. The Morgan fingerprint density at radius 1 is 1.10 bits per heavy atom. The molecule has 6 nitrogen and oxygen atoms in total. The average molecular weight is 417 g/mol. The fourth-order valence-corrected chi connectivity index (χ4v) is 4.88. The number of fused-ring (bicyclic) bond motifs is 2. The van der Waals surface area contributed by atoms with E-state index in [1.54, 1.807) is 12.3 Å². The van der Waals surface area contributed by atoms with Crippen molar-refractivity contribution in [2.24, 2.45) is 5.92 Å². The van der Waals surface area contributed by atoms with Crippen molar-refractivity contribution in [3.8, 4) is 0 Å². The van der Waals surface area contributed by atoms with Gasteiger partial charge in [0.05, 0.1) is 0 Å². The Kier molecular flexibility index (Phi) is 5.45. The van der Waals surface area contributed by atoms with Gasteiger partial charge in [-0.3, -0.25) is 9.59 Å². The first kappa shape index (κ1) is 19.8. The minimum absolute atomic E-state index is 0.0100. The number of carbonyl (C=O) groups excluding carboxylic acids is 2. The summed E-state index contributed by atoms with van der Waals surface area (Å²) in [7, 11) is 0. The summed E-state index contributed by atoms with van der Waals surface area (Å²) >= 11 is 0. The zero-order chi connectivity index (χ0) is 21.2. The standard InChI is InChI=1S/C25H28N4O2/c30-23-7-6-21-15-19(16-26-25(21)27-23)5-8-24(31)28-12-9-18(10-13-28)17-29-14-11-20-3-1-2-4-22(20)29/h1-5,8,15-16,18H,6-7,9-14,17H2,(H,26,27,30)/b8-5+. The number of pyridine rings is 1. The predicted molar refractivity (Wildman–Crippen MR) is 122 cm³/mol. The van der Waals surface area contributed by atoms with Gasteiger partial charge in [0, 0.05) is 50.6 Å². The second-order valence-electron chi connectivity index (χ2n) is 8.75. The number of aromatic nitrogens is 1. The fourth-order valence-electron chi connectivity index (χ4n) is 4.88. The molecule has 5 rings (SSSR count). The van der Waals surface area contributed by atoms with Crippen LogP contribution < -0.4 is 10.2 Å². The molecule has 0 saturated carbocycles. The number of piperidine rings is 1. The monoisotopic (exact) mass is 416 g/mol. The molecule has 0 aliphatic carbocycles. The van der Waals surface area contributed by atoms with Crippen molar-refractivity contribution in [3.63, 3.8) is 0 Å². The van der Waals surface area contributed by atoms with Crippen LogP contribution in [-0.2, 0) is 22.4 Å². The molecule has 6 heteroatoms. The summed E-state index contributed by atoms with van der Waals surface area (Å²) < 4.78 is 0. The largest absolute Gasteiger partial charge is 0.371 e. The molecule has 1 N–H and O–H groups in total. The van der Waals surface area contributed by atoms with Crippen LogP contribution in [0.15, 0.2) is 42.6 Å². The molecule has 3 aliphatic heterocycles. The van der Waals surface area contributed by atoms with Gasteiger partial charge in [0.1, 0.15) is 5.82 Å². The minimum atomic E-state index is 0.0100. The third-order valence-corrected chi connectivity index (χ3v) is 6.67. The van der Waals surface area contributed by atoms with Gasteiger partial charge in [-0.2, -0.15) is 0 Å². The number of anilines is 2. The van der Waals surface area contributed by atoms with Gasteiger partial charge < -0.3 is 15.1 Å². The SMILES string of the molecule is O=C1CCc2cc(/C=C/C(=O)N3CCC(CN4CCc5ccccc54)CC3)cnc2N1. The molecule has 2 aromatic rings. The van der Waals surface area contributed by atoms with Gasteiger partial charge in [-0.15, -0.1) is 0 Å². The van der Waals surface area contributed by atoms with Crippen molar-refractivity contribution < 1.29 is 9.59 Å². The zero-order valence-corrected chi connectivity index (χ0v) is 17.7. The number of para-hydroxylation sites is 1. The van der Waals surface area contributed by atoms with E-state index in [1.807, 2.05) is 17.0 Å². The summed E-state index contributed by atoms with van der Waals surface area (Å²) in [5.41, 5.74) is 4.77. The molecular weight excluding hydrogens is 388 g/mol. The quantitative estimate of drug-likeness (QED) is 0.777. The Bertz CT molecular complexity index is 1020. The Labute approximate surface area is 183 Å². The molecular formula is C25H28N4O2. The van der Waals surface area contributed by atoms with Crippen molar-refractivity contribution in [1.82, 2.24) is 9.88 Å². The molecule has 0 bridgehead atoms. The molecule has 2 amide bonds. The predicted octanol–water partition coefficient (Wildman–Crippen LogP) is 3.28. The first-order valence-electron chi connectivity index (χ1n) is 11.2. The minimum Gasteiger partial charge on any atom is -0.371 e. The highest BCUT2D eigenvalue weighted by atomic mass is 16.2. The number of hydrogen-bond donors (Lipinski definition) is 1. The van der Waals surface area contributed by atoms with Gasteiger partial charge in [0.25, 0.3) is 0 Å². The van der Waals surface area contributed by atoms with Crippen LogP contribution in [0.5, 0.6) is 0 Å². The second kappa shape index (κ2) is 8.53. The van der Waals surface area contributed by atoms with Crippen molar-refractivity contribution in [1.29, 1.82) is 0 Å². The van der Waals surface area contributed by atoms with Crippen molar-refractivity contribution in [2.45, 2.75) is 32.1 Å². The number of rotatable bonds is 4. The molecule has 1 aromatic heterocycles. The van der Waals surface area contributed by atoms with E-state index in [4.69, 9.17) is 0 Å². The Balaban J connectivity index is 1.13. The third-order valence-electron chi connectivity index (χ3n) is 6.67. The van der Waals surface area contributed by atoms with Gasteiger partial charge in [0.2, 0.25) is 11.8 Å². The molecule has 0 spiro atoms. The van der Waals surface area contributed by atoms with Crippen LogP contribution in [0, 0.1) is 5.92 Å². The maximum atomic E-state index is 12.7. The number of nitrogens with zero attached hydrogens (tertiary/aromatic N) is 3. The lowest BCUT2D eigenvalue weighted by atomic mass is 9.96. The van der Waals surface area contributed by atoms with E-state index >= 15 is 0 Å². The van der Waals surface area contributed by atoms with Crippen molar-refractivity contribution >= 4 is 29.4 Å². The summed E-state index contributed by atoms with van der Waals surface area (Å²) in [5.74, 6) is 1.36. The highest BCUT2D eigenvalue weighted by molar-refractivity contribution is 5.93. The van der Waals surface area contributed by atoms with Gasteiger partial charge in [-0.25, -0.2) is 4.98 Å². The molecule has 1 aromatic carbocycles. The van der Waals surface area contributed by atoms with Crippen molar-refractivity contribution in [2.75, 3.05) is 36.4 Å². The molecule has 1 fully saturated rings. The summed E-state index contributed by atoms with van der Waals surface area (Å²) in [5, 5.41) is 2.79. The Morgan fingerprint density at radius 2 is 1.94 bits per heavy atom. The van der Waals surface area contributed by atoms with Gasteiger partial charge >= 0.3 is 0 Å². The Morgan fingerprint density at radius 3 is 2.81 bits per heavy atom. The number of nitrogens with one attached hydrogen (secondary N) is 1. The Hall–Kier alpha value is -3.15. The average Bonchev–Trinajstić information content (AvgIpc) is 3.21. The summed E-state index contributed by atoms with van der Waals surface area (Å²) in [6, 6.07) is 10.7. The maximum absolute atomic E-state index is 12.7. The fraction of sp³-hybridized carbons (Fsp3) is 0.400. The molecule has 31 heavy (non-hydrogen) atoms. The molecule has 160 valence electrons. The molecule has 4 heterocycles. The molecule has 1 saturated heterocycles. The number of carbonyl (C=O) groups is 2. The normalized spacial score (nSPS) is 18.8. The van der Waals surface area contributed by atoms with E-state index in [2.05, 4.69) is 39.5 Å². The van der Waals surface area contributed by atoms with Crippen LogP contribution in [0.25, 0.3) is 6.08 Å². The van der Waals surface area contributed by atoms with Crippen LogP contribution >= 0.6 is 0 Å². The summed E-state index contributed by atoms with van der Waals surface area (Å²) in [4.78, 5) is 32.9. The van der Waals surface area contributed by atoms with E-state index in [0.717, 1.165) is 56.6 Å². The molecule has 0 unspecified atom stereocenters. The summed E-state index contributed by atoms with van der Waals surface area (Å²) in [6.07, 6.45) is 9.62. The number of likely N-dealkylation sites (tertiary alicyclic amines) is 1. The van der Waals surface area contributed by atoms with Crippen LogP contribution in [-0.4, -0.2) is 47.9 Å². The molecule has 0 radical (unpaired) electrons. The van der Waals surface area contributed by atoms with Crippen LogP contribution in [0.2, 0.25) is 0 Å². The molecule has 0 atom stereocenters. The third kappa shape index (κ3) is 4.33. The van der Waals surface area contributed by atoms with Crippen LogP contribution in [0.3, 0.4) is 0 Å². The lowest BCUT2D eigenvalue weighted by Gasteiger charge is -2.34. The van der Waals surface area contributed by atoms with Gasteiger partial charge in [-0.05, 0) is 66.5 Å². The first-order valence-corrected chi connectivity index (χ1v) is 11.2. The molecule has 3 aliphatic rings.